The maximum Gasteiger partial charge on any atom is 2.00 e. The Hall–Kier alpha value is -7.93. The van der Waals surface area contributed by atoms with Crippen molar-refractivity contribution in [2.45, 2.75) is 119 Å². The molecule has 0 aliphatic rings. The molecule has 0 amide bonds. The molecule has 6 heterocycles. The first-order valence-electron chi connectivity index (χ1n) is 27.4. The molecule has 0 saturated heterocycles. The largest absolute Gasteiger partial charge is 2.00 e. The van der Waals surface area contributed by atoms with Crippen molar-refractivity contribution in [1.82, 2.24) is 29.9 Å². The van der Waals surface area contributed by atoms with Gasteiger partial charge in [0.15, 0.2) is 0 Å². The zero-order chi connectivity index (χ0) is 59.7. The monoisotopic (exact) mass is 1240 g/mol. The number of carbonyl (C=O) groups excluding carboxylic acids is 4. The average molecular weight is 1240 g/mol. The molecule has 0 aliphatic carbocycles. The summed E-state index contributed by atoms with van der Waals surface area (Å²) in [6, 6.07) is 41.2. The van der Waals surface area contributed by atoms with Crippen LogP contribution in [-0.2, 0) is 58.1 Å². The van der Waals surface area contributed by atoms with Crippen molar-refractivity contribution in [3.63, 3.8) is 0 Å². The summed E-state index contributed by atoms with van der Waals surface area (Å²) in [6.07, 6.45) is 29.6. The van der Waals surface area contributed by atoms with Gasteiger partial charge in [-0.1, -0.05) is 102 Å². The normalized spacial score (nSPS) is 9.69. The summed E-state index contributed by atoms with van der Waals surface area (Å²) in [5, 5.41) is 35.6. The number of hydrogen-bond donors (Lipinski definition) is 0. The average Bonchev–Trinajstić information content (AvgIpc) is 3.14. The number of benzene rings is 2. The quantitative estimate of drug-likeness (QED) is 0.0451. The maximum atomic E-state index is 8.89. The number of unbranched alkanes of at least 4 members (excludes halogenated alkanes) is 10. The predicted octanol–water partition coefficient (Wildman–Crippen LogP) is 10.2. The molecule has 0 spiro atoms. The number of ether oxygens (including phenoxy) is 2. The van der Waals surface area contributed by atoms with E-state index < -0.39 is 23.9 Å². The van der Waals surface area contributed by atoms with Gasteiger partial charge < -0.3 is 49.1 Å². The van der Waals surface area contributed by atoms with Crippen LogP contribution < -0.4 is 29.9 Å². The number of pyridine rings is 6. The Labute approximate surface area is 520 Å². The van der Waals surface area contributed by atoms with Gasteiger partial charge in [0.05, 0.1) is 36.0 Å². The van der Waals surface area contributed by atoms with Crippen molar-refractivity contribution in [1.29, 1.82) is 0 Å². The number of nitrogens with zero attached hydrogens (tertiary/aromatic N) is 6. The molecule has 2 aromatic carbocycles. The van der Waals surface area contributed by atoms with E-state index in [0.717, 1.165) is 133 Å². The standard InChI is InChI=1S/2C29H31N3O.4C2H4O2.2Zn/c2*1-2-3-4-5-6-7-20-33-27-10-8-23(9-11-27)26-21-28(24-12-16-30-17-13-24)32-29(22-26)25-14-18-31-19-15-25;4*1-2(3)4;;/h2*8-19,21-22H,2-7,20H2,1H3;4*1H3,(H,3,4);;/q;;;;;;2*+2/p-4. The first-order valence-corrected chi connectivity index (χ1v) is 27.4. The minimum absolute atomic E-state index is 0. The van der Waals surface area contributed by atoms with Crippen molar-refractivity contribution < 1.29 is 88.0 Å². The van der Waals surface area contributed by atoms with Crippen LogP contribution in [0.2, 0.25) is 0 Å². The minimum Gasteiger partial charge on any atom is -0.550 e. The van der Waals surface area contributed by atoms with E-state index in [1.807, 2.05) is 48.5 Å². The summed E-state index contributed by atoms with van der Waals surface area (Å²) in [6.45, 7) is 9.94. The van der Waals surface area contributed by atoms with Gasteiger partial charge in [0.2, 0.25) is 0 Å². The fraction of sp³-hybridized carbons (Fsp3) is 0.303. The molecule has 432 valence electrons. The summed E-state index contributed by atoms with van der Waals surface area (Å²) in [4.78, 5) is 61.9. The number of carboxylic acid groups (broad SMARTS) is 4. The van der Waals surface area contributed by atoms with Crippen LogP contribution in [0.5, 0.6) is 11.5 Å². The van der Waals surface area contributed by atoms with Gasteiger partial charge in [0.1, 0.15) is 11.5 Å². The first kappa shape index (κ1) is 74.1. The number of aromatic nitrogens is 6. The predicted molar refractivity (Wildman–Crippen MR) is 313 cm³/mol. The molecule has 84 heavy (non-hydrogen) atoms. The summed E-state index contributed by atoms with van der Waals surface area (Å²) in [5.41, 5.74) is 12.4. The van der Waals surface area contributed by atoms with Crippen molar-refractivity contribution in [3.8, 4) is 78.8 Å². The van der Waals surface area contributed by atoms with Gasteiger partial charge in [-0.3, -0.25) is 19.9 Å². The summed E-state index contributed by atoms with van der Waals surface area (Å²) < 4.78 is 11.9. The Balaban J connectivity index is 0.000000656. The molecule has 0 saturated carbocycles. The summed E-state index contributed by atoms with van der Waals surface area (Å²) in [5.74, 6) is -2.49. The molecule has 16 nitrogen and oxygen atoms in total. The Morgan fingerprint density at radius 2 is 0.536 bits per heavy atom. The van der Waals surface area contributed by atoms with Crippen molar-refractivity contribution >= 4 is 23.9 Å². The molecule has 0 aliphatic heterocycles. The Morgan fingerprint density at radius 1 is 0.321 bits per heavy atom. The second-order valence-electron chi connectivity index (χ2n) is 18.4. The van der Waals surface area contributed by atoms with Crippen molar-refractivity contribution in [2.24, 2.45) is 0 Å². The van der Waals surface area contributed by atoms with Gasteiger partial charge >= 0.3 is 39.0 Å². The Morgan fingerprint density at radius 3 is 0.762 bits per heavy atom. The summed E-state index contributed by atoms with van der Waals surface area (Å²) >= 11 is 0. The van der Waals surface area contributed by atoms with Crippen LogP contribution in [0.4, 0.5) is 0 Å². The molecule has 0 fully saturated rings. The molecule has 0 atom stereocenters. The van der Waals surface area contributed by atoms with E-state index in [2.05, 4.69) is 107 Å². The number of hydrogen-bond acceptors (Lipinski definition) is 16. The molecule has 0 N–H and O–H groups in total. The van der Waals surface area contributed by atoms with E-state index >= 15 is 0 Å². The molecule has 0 unspecified atom stereocenters. The second kappa shape index (κ2) is 44.6. The van der Waals surface area contributed by atoms with E-state index in [1.165, 1.54) is 64.2 Å². The van der Waals surface area contributed by atoms with Gasteiger partial charge in [-0.2, -0.15) is 0 Å². The van der Waals surface area contributed by atoms with Gasteiger partial charge in [-0.25, -0.2) is 9.97 Å². The van der Waals surface area contributed by atoms with E-state index in [4.69, 9.17) is 59.0 Å². The van der Waals surface area contributed by atoms with Crippen LogP contribution in [0.1, 0.15) is 119 Å². The van der Waals surface area contributed by atoms with Crippen LogP contribution in [0.25, 0.3) is 67.3 Å². The molecular weight excluding hydrogens is 1170 g/mol. The van der Waals surface area contributed by atoms with Gasteiger partial charge in [0.25, 0.3) is 0 Å². The Bertz CT molecular complexity index is 2690. The summed E-state index contributed by atoms with van der Waals surface area (Å²) in [7, 11) is 0. The molecular formula is C66H74N6O10Zn2. The third-order valence-electron chi connectivity index (χ3n) is 11.5. The van der Waals surface area contributed by atoms with Gasteiger partial charge in [-0.15, -0.1) is 0 Å². The van der Waals surface area contributed by atoms with Crippen LogP contribution >= 0.6 is 0 Å². The maximum absolute atomic E-state index is 8.89. The van der Waals surface area contributed by atoms with E-state index in [1.54, 1.807) is 49.6 Å². The van der Waals surface area contributed by atoms with Gasteiger partial charge in [-0.05, 0) is 160 Å². The van der Waals surface area contributed by atoms with Crippen molar-refractivity contribution in [2.75, 3.05) is 13.2 Å². The molecule has 18 heteroatoms. The molecule has 6 aromatic heterocycles. The molecule has 0 radical (unpaired) electrons. The van der Waals surface area contributed by atoms with Crippen molar-refractivity contribution in [3.05, 3.63) is 171 Å². The number of carboxylic acids is 4. The SMILES string of the molecule is CC(=O)[O-].CC(=O)[O-].CC(=O)[O-].CC(=O)[O-].CCCCCCCCOc1ccc(-c2cc(-c3ccncc3)nc(-c3ccncc3)c2)cc1.CCCCCCCCOc1ccc(-c2cc(-c3ccncc3)nc(-c3ccncc3)c2)cc1.[Zn+2].[Zn+2]. The second-order valence-corrected chi connectivity index (χ2v) is 18.4. The first-order chi connectivity index (χ1) is 39.6. The van der Waals surface area contributed by atoms with E-state index in [0.29, 0.717) is 0 Å². The topological polar surface area (TPSA) is 256 Å². The van der Waals surface area contributed by atoms with Crippen LogP contribution in [0.3, 0.4) is 0 Å². The van der Waals surface area contributed by atoms with Crippen LogP contribution in [0.15, 0.2) is 171 Å². The van der Waals surface area contributed by atoms with E-state index in [-0.39, 0.29) is 39.0 Å². The fourth-order valence-electron chi connectivity index (χ4n) is 7.71. The number of aliphatic carboxylic acids is 4. The van der Waals surface area contributed by atoms with E-state index in [9.17, 15) is 0 Å². The molecule has 0 bridgehead atoms. The minimum atomic E-state index is -1.08. The number of carbonyl (C=O) groups is 4. The third kappa shape index (κ3) is 32.6. The molecule has 8 rings (SSSR count). The van der Waals surface area contributed by atoms with Crippen LogP contribution in [0, 0.1) is 0 Å². The Kier molecular flexibility index (Phi) is 39.4. The fourth-order valence-corrected chi connectivity index (χ4v) is 7.71. The smallest absolute Gasteiger partial charge is 0.550 e. The zero-order valence-electron chi connectivity index (χ0n) is 49.2. The van der Waals surface area contributed by atoms with Gasteiger partial charge in [0, 0.05) is 95.7 Å². The van der Waals surface area contributed by atoms with Crippen LogP contribution in [-0.4, -0.2) is 67.0 Å². The third-order valence-corrected chi connectivity index (χ3v) is 11.5. The molecule has 8 aromatic rings. The zero-order valence-corrected chi connectivity index (χ0v) is 55.2. The number of rotatable bonds is 22.